The molecule has 4 rings (SSSR count). The zero-order valence-electron chi connectivity index (χ0n) is 21.5. The number of hydrogen-bond donors (Lipinski definition) is 3. The van der Waals surface area contributed by atoms with Gasteiger partial charge >= 0.3 is 0 Å². The monoisotopic (exact) mass is 558 g/mol. The van der Waals surface area contributed by atoms with E-state index in [0.29, 0.717) is 56.2 Å². The minimum absolute atomic E-state index is 0.0504. The van der Waals surface area contributed by atoms with Crippen molar-refractivity contribution < 1.29 is 14.3 Å². The summed E-state index contributed by atoms with van der Waals surface area (Å²) in [5, 5.41) is 20.4. The number of allylic oxidation sites excluding steroid dienone is 2. The molecule has 0 saturated heterocycles. The molecule has 7 nitrogen and oxygen atoms in total. The molecule has 2 amide bonds. The van der Waals surface area contributed by atoms with E-state index >= 15 is 0 Å². The van der Waals surface area contributed by atoms with Crippen molar-refractivity contribution in [2.75, 3.05) is 23.0 Å². The number of thioether (sulfide) groups is 1. The summed E-state index contributed by atoms with van der Waals surface area (Å²) in [4.78, 5) is 26.3. The first kappa shape index (κ1) is 27.8. The number of anilines is 2. The average Bonchev–Trinajstić information content (AvgIpc) is 2.93. The molecule has 0 spiro atoms. The molecular formula is C30H27ClN4O3S. The van der Waals surface area contributed by atoms with Crippen LogP contribution in [0.1, 0.15) is 25.3 Å². The van der Waals surface area contributed by atoms with Crippen LogP contribution in [0.2, 0.25) is 5.02 Å². The zero-order valence-corrected chi connectivity index (χ0v) is 23.0. The van der Waals surface area contributed by atoms with E-state index < -0.39 is 5.92 Å². The molecule has 1 aliphatic heterocycles. The van der Waals surface area contributed by atoms with Crippen LogP contribution >= 0.6 is 23.4 Å². The van der Waals surface area contributed by atoms with Gasteiger partial charge in [0.1, 0.15) is 5.75 Å². The molecule has 1 heterocycles. The van der Waals surface area contributed by atoms with Gasteiger partial charge in [-0.25, -0.2) is 0 Å². The van der Waals surface area contributed by atoms with Crippen LogP contribution in [0.15, 0.2) is 101 Å². The topological polar surface area (TPSA) is 103 Å². The van der Waals surface area contributed by atoms with Crippen LogP contribution in [0.3, 0.4) is 0 Å². The van der Waals surface area contributed by atoms with Crippen molar-refractivity contribution in [3.05, 3.63) is 111 Å². The molecule has 1 aliphatic rings. The Hall–Kier alpha value is -4.19. The van der Waals surface area contributed by atoms with Crippen LogP contribution < -0.4 is 20.7 Å². The van der Waals surface area contributed by atoms with E-state index in [9.17, 15) is 14.9 Å². The second-order valence-electron chi connectivity index (χ2n) is 8.59. The molecule has 0 aromatic heterocycles. The molecule has 0 saturated carbocycles. The number of dihydropyridines is 1. The molecule has 1 unspecified atom stereocenters. The Morgan fingerprint density at radius 3 is 2.36 bits per heavy atom. The number of ether oxygens (including phenoxy) is 1. The van der Waals surface area contributed by atoms with E-state index in [1.807, 2.05) is 49.4 Å². The van der Waals surface area contributed by atoms with Gasteiger partial charge in [-0.2, -0.15) is 5.26 Å². The zero-order chi connectivity index (χ0) is 27.8. The summed E-state index contributed by atoms with van der Waals surface area (Å²) in [5.41, 5.74) is 3.27. The standard InChI is InChI=1S/C30H27ClN4O3S/c1-3-38-25-12-8-7-11-23(25)28-24(17-32)30(39-18-26(36)34-22-15-13-20(31)14-16-22)33-19(2)27(28)29(37)35-21-9-5-4-6-10-21/h4-16,28,33H,3,18H2,1-2H3,(H,34,36)(H,35,37). The van der Waals surface area contributed by atoms with Gasteiger partial charge in [0, 0.05) is 33.2 Å². The SMILES string of the molecule is CCOc1ccccc1C1C(C#N)=C(SCC(=O)Nc2ccc(Cl)cc2)NC(C)=C1C(=O)Nc1ccccc1. The Labute approximate surface area is 236 Å². The Morgan fingerprint density at radius 2 is 1.67 bits per heavy atom. The summed E-state index contributed by atoms with van der Waals surface area (Å²) in [6.07, 6.45) is 0. The lowest BCUT2D eigenvalue weighted by Gasteiger charge is -2.30. The molecular weight excluding hydrogens is 532 g/mol. The number of nitrogens with one attached hydrogen (secondary N) is 3. The summed E-state index contributed by atoms with van der Waals surface area (Å²) >= 11 is 7.13. The minimum Gasteiger partial charge on any atom is -0.494 e. The highest BCUT2D eigenvalue weighted by atomic mass is 35.5. The van der Waals surface area contributed by atoms with Crippen molar-refractivity contribution in [2.45, 2.75) is 19.8 Å². The van der Waals surface area contributed by atoms with Crippen molar-refractivity contribution >= 4 is 46.6 Å². The molecule has 3 aromatic rings. The van der Waals surface area contributed by atoms with Crippen LogP contribution in [0, 0.1) is 11.3 Å². The third-order valence-electron chi connectivity index (χ3n) is 5.93. The van der Waals surface area contributed by atoms with Gasteiger partial charge in [0.05, 0.1) is 34.9 Å². The van der Waals surface area contributed by atoms with Crippen LogP contribution in [-0.2, 0) is 9.59 Å². The van der Waals surface area contributed by atoms with E-state index in [-0.39, 0.29) is 17.6 Å². The first-order valence-electron chi connectivity index (χ1n) is 12.3. The van der Waals surface area contributed by atoms with Gasteiger partial charge in [0.15, 0.2) is 0 Å². The second-order valence-corrected chi connectivity index (χ2v) is 10.0. The number of para-hydroxylation sites is 2. The molecule has 3 aromatic carbocycles. The van der Waals surface area contributed by atoms with Crippen molar-refractivity contribution in [1.29, 1.82) is 5.26 Å². The molecule has 3 N–H and O–H groups in total. The van der Waals surface area contributed by atoms with E-state index in [1.165, 1.54) is 11.8 Å². The van der Waals surface area contributed by atoms with Gasteiger partial charge in [-0.05, 0) is 56.3 Å². The maximum atomic E-state index is 13.6. The Balaban J connectivity index is 1.67. The molecule has 39 heavy (non-hydrogen) atoms. The highest BCUT2D eigenvalue weighted by molar-refractivity contribution is 8.03. The van der Waals surface area contributed by atoms with Crippen molar-refractivity contribution in [3.8, 4) is 11.8 Å². The first-order chi connectivity index (χ1) is 18.9. The molecule has 0 fully saturated rings. The molecule has 0 radical (unpaired) electrons. The quantitative estimate of drug-likeness (QED) is 0.279. The van der Waals surface area contributed by atoms with Gasteiger partial charge in [0.25, 0.3) is 5.91 Å². The van der Waals surface area contributed by atoms with Gasteiger partial charge in [-0.1, -0.05) is 59.8 Å². The normalized spacial score (nSPS) is 14.8. The molecule has 0 aliphatic carbocycles. The number of rotatable bonds is 9. The third kappa shape index (κ3) is 6.82. The summed E-state index contributed by atoms with van der Waals surface area (Å²) in [6, 6.07) is 25.6. The van der Waals surface area contributed by atoms with Gasteiger partial charge in [-0.15, -0.1) is 0 Å². The maximum absolute atomic E-state index is 13.6. The highest BCUT2D eigenvalue weighted by Gasteiger charge is 2.36. The van der Waals surface area contributed by atoms with Crippen molar-refractivity contribution in [1.82, 2.24) is 5.32 Å². The van der Waals surface area contributed by atoms with E-state index in [1.54, 1.807) is 43.3 Å². The van der Waals surface area contributed by atoms with Gasteiger partial charge in [-0.3, -0.25) is 9.59 Å². The fraction of sp³-hybridized carbons (Fsp3) is 0.167. The number of carbonyl (C=O) groups excluding carboxylic acids is 2. The summed E-state index contributed by atoms with van der Waals surface area (Å²) < 4.78 is 5.89. The summed E-state index contributed by atoms with van der Waals surface area (Å²) in [7, 11) is 0. The Kier molecular flexibility index (Phi) is 9.31. The Bertz CT molecular complexity index is 1460. The average molecular weight is 559 g/mol. The van der Waals surface area contributed by atoms with E-state index in [0.717, 1.165) is 0 Å². The van der Waals surface area contributed by atoms with Gasteiger partial charge in [0.2, 0.25) is 5.91 Å². The largest absolute Gasteiger partial charge is 0.494 e. The predicted octanol–water partition coefficient (Wildman–Crippen LogP) is 6.45. The van der Waals surface area contributed by atoms with Crippen LogP contribution in [0.4, 0.5) is 11.4 Å². The number of nitrogens with zero attached hydrogens (tertiary/aromatic N) is 1. The number of halogens is 1. The smallest absolute Gasteiger partial charge is 0.254 e. The van der Waals surface area contributed by atoms with Crippen LogP contribution in [0.25, 0.3) is 0 Å². The second kappa shape index (κ2) is 13.1. The fourth-order valence-electron chi connectivity index (χ4n) is 4.23. The number of nitriles is 1. The number of benzene rings is 3. The number of amides is 2. The Morgan fingerprint density at radius 1 is 1.00 bits per heavy atom. The first-order valence-corrected chi connectivity index (χ1v) is 13.7. The molecule has 9 heteroatoms. The number of hydrogen-bond acceptors (Lipinski definition) is 6. The lowest BCUT2D eigenvalue weighted by molar-refractivity contribution is -0.114. The third-order valence-corrected chi connectivity index (χ3v) is 7.20. The van der Waals surface area contributed by atoms with Crippen molar-refractivity contribution in [3.63, 3.8) is 0 Å². The molecule has 1 atom stereocenters. The lowest BCUT2D eigenvalue weighted by atomic mass is 9.81. The highest BCUT2D eigenvalue weighted by Crippen LogP contribution is 2.44. The number of carbonyl (C=O) groups is 2. The lowest BCUT2D eigenvalue weighted by Crippen LogP contribution is -2.31. The predicted molar refractivity (Wildman–Crippen MR) is 156 cm³/mol. The van der Waals surface area contributed by atoms with Gasteiger partial charge < -0.3 is 20.7 Å². The summed E-state index contributed by atoms with van der Waals surface area (Å²) in [5.74, 6) is -0.643. The van der Waals surface area contributed by atoms with Crippen LogP contribution in [0.5, 0.6) is 5.75 Å². The van der Waals surface area contributed by atoms with Crippen LogP contribution in [-0.4, -0.2) is 24.2 Å². The maximum Gasteiger partial charge on any atom is 0.254 e. The van der Waals surface area contributed by atoms with Crippen molar-refractivity contribution in [2.24, 2.45) is 0 Å². The molecule has 198 valence electrons. The summed E-state index contributed by atoms with van der Waals surface area (Å²) in [6.45, 7) is 4.10. The van der Waals surface area contributed by atoms with E-state index in [4.69, 9.17) is 16.3 Å². The van der Waals surface area contributed by atoms with E-state index in [2.05, 4.69) is 22.0 Å². The fourth-order valence-corrected chi connectivity index (χ4v) is 5.25. The minimum atomic E-state index is -0.704. The molecule has 0 bridgehead atoms.